The van der Waals surface area contributed by atoms with Crippen LogP contribution >= 0.6 is 0 Å². The van der Waals surface area contributed by atoms with Crippen LogP contribution in [0.15, 0.2) is 24.5 Å². The van der Waals surface area contributed by atoms with Crippen LogP contribution in [-0.2, 0) is 16.1 Å². The number of unbranched alkanes of at least 4 members (excludes halogenated alkanes) is 1. The first-order valence-electron chi connectivity index (χ1n) is 7.89. The summed E-state index contributed by atoms with van der Waals surface area (Å²) >= 11 is 0. The number of pyridine rings is 1. The minimum absolute atomic E-state index is 0.0740. The molecule has 1 aromatic rings. The highest BCUT2D eigenvalue weighted by molar-refractivity contribution is 5.88. The van der Waals surface area contributed by atoms with Gasteiger partial charge in [0.15, 0.2) is 0 Å². The Balaban J connectivity index is 1.91. The third-order valence-electron chi connectivity index (χ3n) is 3.80. The maximum Gasteiger partial charge on any atom is 0.244 e. The molecule has 120 valence electrons. The quantitative estimate of drug-likeness (QED) is 0.811. The topological polar surface area (TPSA) is 74.3 Å². The van der Waals surface area contributed by atoms with Crippen LogP contribution in [0.25, 0.3) is 0 Å². The van der Waals surface area contributed by atoms with Gasteiger partial charge in [0.2, 0.25) is 11.8 Å². The van der Waals surface area contributed by atoms with Crippen molar-refractivity contribution >= 4 is 11.8 Å². The van der Waals surface area contributed by atoms with Gasteiger partial charge in [-0.3, -0.25) is 14.6 Å². The maximum atomic E-state index is 12.4. The van der Waals surface area contributed by atoms with E-state index in [4.69, 9.17) is 0 Å². The monoisotopic (exact) mass is 304 g/mol. The van der Waals surface area contributed by atoms with Gasteiger partial charge in [-0.05, 0) is 18.1 Å². The predicted molar refractivity (Wildman–Crippen MR) is 84.0 cm³/mol. The Morgan fingerprint density at radius 1 is 1.50 bits per heavy atom. The van der Waals surface area contributed by atoms with Crippen LogP contribution in [0.3, 0.4) is 0 Å². The summed E-state index contributed by atoms with van der Waals surface area (Å²) in [4.78, 5) is 30.4. The van der Waals surface area contributed by atoms with E-state index in [0.29, 0.717) is 26.1 Å². The van der Waals surface area contributed by atoms with Gasteiger partial charge < -0.3 is 15.5 Å². The lowest BCUT2D eigenvalue weighted by Gasteiger charge is -2.35. The Morgan fingerprint density at radius 3 is 3.09 bits per heavy atom. The third-order valence-corrected chi connectivity index (χ3v) is 3.80. The molecule has 6 heteroatoms. The van der Waals surface area contributed by atoms with Gasteiger partial charge in [-0.15, -0.1) is 0 Å². The van der Waals surface area contributed by atoms with Crippen molar-refractivity contribution in [2.45, 2.75) is 38.8 Å². The van der Waals surface area contributed by atoms with Gasteiger partial charge in [-0.2, -0.15) is 0 Å². The summed E-state index contributed by atoms with van der Waals surface area (Å²) in [6.07, 6.45) is 5.79. The van der Waals surface area contributed by atoms with E-state index in [1.54, 1.807) is 17.3 Å². The van der Waals surface area contributed by atoms with Gasteiger partial charge in [0, 0.05) is 45.0 Å². The Hall–Kier alpha value is -1.95. The molecule has 0 aliphatic carbocycles. The van der Waals surface area contributed by atoms with Gasteiger partial charge in [0.25, 0.3) is 0 Å². The summed E-state index contributed by atoms with van der Waals surface area (Å²) in [6, 6.07) is 3.33. The average Bonchev–Trinajstić information content (AvgIpc) is 2.58. The number of amides is 2. The Labute approximate surface area is 131 Å². The molecule has 0 spiro atoms. The molecule has 1 aliphatic rings. The fourth-order valence-electron chi connectivity index (χ4n) is 2.52. The van der Waals surface area contributed by atoms with E-state index in [1.807, 2.05) is 12.1 Å². The summed E-state index contributed by atoms with van der Waals surface area (Å²) in [5, 5.41) is 6.08. The maximum absolute atomic E-state index is 12.4. The molecule has 2 amide bonds. The van der Waals surface area contributed by atoms with Gasteiger partial charge in [-0.25, -0.2) is 0 Å². The van der Waals surface area contributed by atoms with Crippen molar-refractivity contribution in [3.05, 3.63) is 30.1 Å². The summed E-state index contributed by atoms with van der Waals surface area (Å²) in [5.41, 5.74) is 0.948. The molecule has 1 fully saturated rings. The molecular weight excluding hydrogens is 280 g/mol. The van der Waals surface area contributed by atoms with Crippen LogP contribution in [0.5, 0.6) is 0 Å². The van der Waals surface area contributed by atoms with Crippen LogP contribution in [-0.4, -0.2) is 47.4 Å². The SMILES string of the molecule is CCCCC(=O)N1CCNCC1C(=O)NCc1cccnc1. The first kappa shape index (κ1) is 16.4. The standard InChI is InChI=1S/C16H24N4O2/c1-2-3-6-15(21)20-9-8-18-12-14(20)16(22)19-11-13-5-4-7-17-10-13/h4-5,7,10,14,18H,2-3,6,8-9,11-12H2,1H3,(H,19,22). The van der Waals surface area contributed by atoms with Gasteiger partial charge >= 0.3 is 0 Å². The molecule has 2 rings (SSSR count). The molecule has 1 aliphatic heterocycles. The van der Waals surface area contributed by atoms with Crippen molar-refractivity contribution in [3.8, 4) is 0 Å². The molecule has 22 heavy (non-hydrogen) atoms. The van der Waals surface area contributed by atoms with Crippen molar-refractivity contribution < 1.29 is 9.59 Å². The van der Waals surface area contributed by atoms with E-state index in [9.17, 15) is 9.59 Å². The number of nitrogens with one attached hydrogen (secondary N) is 2. The number of nitrogens with zero attached hydrogens (tertiary/aromatic N) is 2. The Kier molecular flexibility index (Phi) is 6.33. The molecule has 0 radical (unpaired) electrons. The lowest BCUT2D eigenvalue weighted by molar-refractivity contribution is -0.141. The van der Waals surface area contributed by atoms with Crippen molar-refractivity contribution in [2.75, 3.05) is 19.6 Å². The van der Waals surface area contributed by atoms with Gasteiger partial charge in [0.05, 0.1) is 0 Å². The molecule has 6 nitrogen and oxygen atoms in total. The molecule has 0 saturated carbocycles. The second-order valence-electron chi connectivity index (χ2n) is 5.49. The largest absolute Gasteiger partial charge is 0.350 e. The summed E-state index contributed by atoms with van der Waals surface area (Å²) in [7, 11) is 0. The van der Waals surface area contributed by atoms with E-state index in [1.165, 1.54) is 0 Å². The number of aromatic nitrogens is 1. The number of carbonyl (C=O) groups excluding carboxylic acids is 2. The van der Waals surface area contributed by atoms with Crippen LogP contribution in [0.1, 0.15) is 31.7 Å². The van der Waals surface area contributed by atoms with E-state index in [2.05, 4.69) is 22.5 Å². The number of hydrogen-bond donors (Lipinski definition) is 2. The Morgan fingerprint density at radius 2 is 2.36 bits per heavy atom. The van der Waals surface area contributed by atoms with E-state index < -0.39 is 6.04 Å². The average molecular weight is 304 g/mol. The van der Waals surface area contributed by atoms with Crippen molar-refractivity contribution in [1.29, 1.82) is 0 Å². The smallest absolute Gasteiger partial charge is 0.244 e. The highest BCUT2D eigenvalue weighted by Gasteiger charge is 2.31. The molecular formula is C16H24N4O2. The molecule has 2 heterocycles. The number of carbonyl (C=O) groups is 2. The second-order valence-corrected chi connectivity index (χ2v) is 5.49. The van der Waals surface area contributed by atoms with Crippen molar-refractivity contribution in [3.63, 3.8) is 0 Å². The first-order chi connectivity index (χ1) is 10.7. The van der Waals surface area contributed by atoms with Crippen LogP contribution < -0.4 is 10.6 Å². The zero-order chi connectivity index (χ0) is 15.8. The predicted octanol–water partition coefficient (Wildman–Crippen LogP) is 0.688. The third kappa shape index (κ3) is 4.53. The fourth-order valence-corrected chi connectivity index (χ4v) is 2.52. The number of rotatable bonds is 6. The normalized spacial score (nSPS) is 18.0. The molecule has 1 saturated heterocycles. The molecule has 0 bridgehead atoms. The first-order valence-corrected chi connectivity index (χ1v) is 7.89. The summed E-state index contributed by atoms with van der Waals surface area (Å²) in [5.74, 6) is -0.0363. The molecule has 1 unspecified atom stereocenters. The van der Waals surface area contributed by atoms with Crippen LogP contribution in [0.2, 0.25) is 0 Å². The molecule has 0 aromatic carbocycles. The minimum Gasteiger partial charge on any atom is -0.350 e. The number of hydrogen-bond acceptors (Lipinski definition) is 4. The number of piperazine rings is 1. The van der Waals surface area contributed by atoms with E-state index in [-0.39, 0.29) is 11.8 Å². The summed E-state index contributed by atoms with van der Waals surface area (Å²) < 4.78 is 0. The van der Waals surface area contributed by atoms with E-state index in [0.717, 1.165) is 24.9 Å². The lowest BCUT2D eigenvalue weighted by Crippen LogP contribution is -2.59. The minimum atomic E-state index is -0.422. The zero-order valence-corrected chi connectivity index (χ0v) is 13.0. The van der Waals surface area contributed by atoms with Gasteiger partial charge in [-0.1, -0.05) is 19.4 Å². The highest BCUT2D eigenvalue weighted by atomic mass is 16.2. The second kappa shape index (κ2) is 8.48. The lowest BCUT2D eigenvalue weighted by atomic mass is 10.1. The van der Waals surface area contributed by atoms with Crippen LogP contribution in [0.4, 0.5) is 0 Å². The highest BCUT2D eigenvalue weighted by Crippen LogP contribution is 2.09. The van der Waals surface area contributed by atoms with Gasteiger partial charge in [0.1, 0.15) is 6.04 Å². The summed E-state index contributed by atoms with van der Waals surface area (Å²) in [6.45, 7) is 4.33. The van der Waals surface area contributed by atoms with Crippen molar-refractivity contribution in [2.24, 2.45) is 0 Å². The van der Waals surface area contributed by atoms with E-state index >= 15 is 0 Å². The molecule has 2 N–H and O–H groups in total. The molecule has 1 aromatic heterocycles. The molecule has 1 atom stereocenters. The fraction of sp³-hybridized carbons (Fsp3) is 0.562. The zero-order valence-electron chi connectivity index (χ0n) is 13.0. The van der Waals surface area contributed by atoms with Crippen molar-refractivity contribution in [1.82, 2.24) is 20.5 Å². The van der Waals surface area contributed by atoms with Crippen LogP contribution in [0, 0.1) is 0 Å². The Bertz CT molecular complexity index is 492.